The summed E-state index contributed by atoms with van der Waals surface area (Å²) in [5, 5.41) is 4.24. The molecule has 0 aromatic heterocycles. The molecular weight excluding hydrogens is 468 g/mol. The Balaban J connectivity index is 1.92. The summed E-state index contributed by atoms with van der Waals surface area (Å²) in [6, 6.07) is 22.2. The van der Waals surface area contributed by atoms with Gasteiger partial charge in [-0.2, -0.15) is 0 Å². The molecule has 3 nitrogen and oxygen atoms in total. The second-order valence-electron chi connectivity index (χ2n) is 8.69. The van der Waals surface area contributed by atoms with Crippen LogP contribution in [0.4, 0.5) is 0 Å². The second kappa shape index (κ2) is 13.3. The van der Waals surface area contributed by atoms with Crippen molar-refractivity contribution in [3.05, 3.63) is 108 Å². The molecule has 3 unspecified atom stereocenters. The number of hydrogen-bond donors (Lipinski definition) is 0. The highest BCUT2D eigenvalue weighted by Gasteiger charge is 2.40. The van der Waals surface area contributed by atoms with Crippen molar-refractivity contribution in [3.63, 3.8) is 0 Å². The van der Waals surface area contributed by atoms with E-state index in [-0.39, 0.29) is 11.8 Å². The first-order valence-electron chi connectivity index (χ1n) is 12.6. The smallest absolute Gasteiger partial charge is 0.123 e. The summed E-state index contributed by atoms with van der Waals surface area (Å²) in [6.45, 7) is 3.34. The van der Waals surface area contributed by atoms with Gasteiger partial charge in [-0.05, 0) is 35.9 Å². The highest BCUT2D eigenvalue weighted by molar-refractivity contribution is 7.80. The number of rotatable bonds is 11. The normalized spacial score (nSPS) is 20.6. The molecule has 2 aromatic rings. The van der Waals surface area contributed by atoms with Crippen LogP contribution in [0.1, 0.15) is 32.6 Å². The van der Waals surface area contributed by atoms with Crippen LogP contribution in [0.15, 0.2) is 108 Å². The van der Waals surface area contributed by atoms with E-state index >= 15 is 0 Å². The molecule has 0 saturated carbocycles. The first kappa shape index (κ1) is 26.1. The number of hydrogen-bond acceptors (Lipinski definition) is 3. The first-order valence-corrected chi connectivity index (χ1v) is 15.2. The van der Waals surface area contributed by atoms with Crippen LogP contribution in [0.3, 0.4) is 0 Å². The van der Waals surface area contributed by atoms with Crippen molar-refractivity contribution in [1.29, 1.82) is 0 Å². The molecule has 3 atom stereocenters. The van der Waals surface area contributed by atoms with Gasteiger partial charge in [0.2, 0.25) is 0 Å². The van der Waals surface area contributed by atoms with Gasteiger partial charge in [0.1, 0.15) is 5.76 Å². The summed E-state index contributed by atoms with van der Waals surface area (Å²) in [5.41, 5.74) is 0.265. The first-order chi connectivity index (χ1) is 17.3. The average molecular weight is 506 g/mol. The molecule has 4 rings (SSSR count). The molecule has 5 heteroatoms. The zero-order chi connectivity index (χ0) is 24.5. The summed E-state index contributed by atoms with van der Waals surface area (Å²) in [6.07, 6.45) is 17.8. The number of unbranched alkanes of at least 4 members (excludes halogenated alkanes) is 1. The molecule has 0 fully saturated rings. The fourth-order valence-electron chi connectivity index (χ4n) is 4.69. The lowest BCUT2D eigenvalue weighted by molar-refractivity contribution is 0.144. The zero-order valence-corrected chi connectivity index (χ0v) is 22.9. The highest BCUT2D eigenvalue weighted by Crippen LogP contribution is 2.66. The third-order valence-electron chi connectivity index (χ3n) is 6.40. The van der Waals surface area contributed by atoms with Crippen molar-refractivity contribution >= 4 is 26.8 Å². The fourth-order valence-corrected chi connectivity index (χ4v) is 11.7. The molecule has 0 aliphatic heterocycles. The summed E-state index contributed by atoms with van der Waals surface area (Å²) in [5.74, 6) is 1.04. The molecule has 35 heavy (non-hydrogen) atoms. The topological polar surface area (TPSA) is 21.7 Å². The predicted molar refractivity (Wildman–Crippen MR) is 153 cm³/mol. The van der Waals surface area contributed by atoms with Crippen molar-refractivity contribution in [2.45, 2.75) is 44.4 Å². The van der Waals surface area contributed by atoms with Gasteiger partial charge in [0.25, 0.3) is 0 Å². The molecule has 2 aliphatic rings. The van der Waals surface area contributed by atoms with E-state index in [1.807, 2.05) is 14.2 Å². The number of methoxy groups -OCH3 is 2. The maximum atomic E-state index is 6.07. The molecule has 0 bridgehead atoms. The third-order valence-corrected chi connectivity index (χ3v) is 12.5. The lowest BCUT2D eigenvalue weighted by atomic mass is 10.1. The van der Waals surface area contributed by atoms with E-state index in [0.717, 1.165) is 38.0 Å². The van der Waals surface area contributed by atoms with E-state index in [2.05, 4.69) is 108 Å². The summed E-state index contributed by atoms with van der Waals surface area (Å²) in [4.78, 5) is 0. The van der Waals surface area contributed by atoms with E-state index in [9.17, 15) is 0 Å². The molecular formula is C30H37NO2P2. The van der Waals surface area contributed by atoms with Gasteiger partial charge in [-0.25, -0.2) is 4.44 Å². The molecule has 0 spiro atoms. The largest absolute Gasteiger partial charge is 0.496 e. The Kier molecular flexibility index (Phi) is 9.93. The van der Waals surface area contributed by atoms with Crippen molar-refractivity contribution in [2.75, 3.05) is 20.8 Å². The minimum atomic E-state index is -0.746. The Hall–Kier alpha value is -2.02. The Morgan fingerprint density at radius 2 is 1.57 bits per heavy atom. The average Bonchev–Trinajstić information content (AvgIpc) is 2.93. The van der Waals surface area contributed by atoms with Gasteiger partial charge in [0.05, 0.1) is 13.2 Å². The Morgan fingerprint density at radius 3 is 2.17 bits per heavy atom. The minimum absolute atomic E-state index is 0.0511. The molecule has 0 radical (unpaired) electrons. The van der Waals surface area contributed by atoms with Gasteiger partial charge in [-0.1, -0.05) is 104 Å². The zero-order valence-electron chi connectivity index (χ0n) is 21.1. The van der Waals surface area contributed by atoms with E-state index in [4.69, 9.17) is 9.47 Å². The summed E-state index contributed by atoms with van der Waals surface area (Å²) < 4.78 is 14.9. The van der Waals surface area contributed by atoms with Crippen molar-refractivity contribution in [2.24, 2.45) is 0 Å². The monoisotopic (exact) mass is 505 g/mol. The maximum Gasteiger partial charge on any atom is 0.123 e. The van der Waals surface area contributed by atoms with Crippen LogP contribution in [0.5, 0.6) is 0 Å². The molecule has 0 saturated heterocycles. The molecule has 2 aromatic carbocycles. The van der Waals surface area contributed by atoms with Crippen LogP contribution >= 0.6 is 16.1 Å². The van der Waals surface area contributed by atoms with Gasteiger partial charge in [0, 0.05) is 40.8 Å². The molecule has 0 heterocycles. The van der Waals surface area contributed by atoms with Gasteiger partial charge in [0.15, 0.2) is 0 Å². The van der Waals surface area contributed by atoms with E-state index in [1.165, 1.54) is 15.9 Å². The molecule has 0 amide bonds. The quantitative estimate of drug-likeness (QED) is 0.300. The van der Waals surface area contributed by atoms with Crippen LogP contribution < -0.4 is 10.6 Å². The van der Waals surface area contributed by atoms with Crippen molar-refractivity contribution in [3.8, 4) is 0 Å². The van der Waals surface area contributed by atoms with E-state index in [0.29, 0.717) is 0 Å². The van der Waals surface area contributed by atoms with Gasteiger partial charge < -0.3 is 9.47 Å². The van der Waals surface area contributed by atoms with Gasteiger partial charge >= 0.3 is 0 Å². The van der Waals surface area contributed by atoms with E-state index < -0.39 is 16.1 Å². The van der Waals surface area contributed by atoms with Crippen LogP contribution in [-0.2, 0) is 9.47 Å². The summed E-state index contributed by atoms with van der Waals surface area (Å²) >= 11 is 0. The summed E-state index contributed by atoms with van der Waals surface area (Å²) in [7, 11) is 2.18. The van der Waals surface area contributed by atoms with Crippen molar-refractivity contribution < 1.29 is 9.47 Å². The Bertz CT molecular complexity index is 1010. The van der Waals surface area contributed by atoms with Crippen molar-refractivity contribution in [1.82, 2.24) is 4.44 Å². The number of ether oxygens (including phenoxy) is 2. The van der Waals surface area contributed by atoms with E-state index in [1.54, 1.807) is 0 Å². The third kappa shape index (κ3) is 6.22. The number of benzene rings is 2. The van der Waals surface area contributed by atoms with Crippen LogP contribution in [0.25, 0.3) is 0 Å². The molecule has 184 valence electrons. The van der Waals surface area contributed by atoms with Gasteiger partial charge in [-0.3, -0.25) is 0 Å². The van der Waals surface area contributed by atoms with Crippen LogP contribution in [-0.4, -0.2) is 37.0 Å². The van der Waals surface area contributed by atoms with Gasteiger partial charge in [-0.15, -0.1) is 0 Å². The standard InChI is InChI=1S/C30H37NO2P2/c1-4-5-24-31(34(25-16-8-6-9-17-25)26-18-10-7-11-19-26)35(29-22-14-12-20-27(29)32-2)30-23-15-13-21-28(30)33-3/h6-14,16-22,27,29H,4-5,15,23-24H2,1-3H3. The second-order valence-corrected chi connectivity index (χ2v) is 13.5. The Morgan fingerprint density at radius 1 is 0.914 bits per heavy atom. The van der Waals surface area contributed by atoms with Crippen LogP contribution in [0, 0.1) is 0 Å². The maximum absolute atomic E-state index is 6.07. The predicted octanol–water partition coefficient (Wildman–Crippen LogP) is 7.25. The number of allylic oxidation sites excluding steroid dienone is 5. The van der Waals surface area contributed by atoms with Crippen LogP contribution in [0.2, 0.25) is 0 Å². The lowest BCUT2D eigenvalue weighted by Crippen LogP contribution is -2.34. The highest BCUT2D eigenvalue weighted by atomic mass is 31.2. The number of nitrogens with zero attached hydrogens (tertiary/aromatic N) is 1. The fraction of sp³-hybridized carbons (Fsp3) is 0.333. The lowest BCUT2D eigenvalue weighted by Gasteiger charge is -2.45. The minimum Gasteiger partial charge on any atom is -0.496 e. The SMILES string of the molecule is CCCCN(P(c1ccccc1)c1ccccc1)P(C1=C(OC)C=CCC1)C1C=CC=CC1OC. The molecule has 2 aliphatic carbocycles. The molecule has 0 N–H and O–H groups in total. The Labute approximate surface area is 213 Å².